The number of hydrogen-bond acceptors (Lipinski definition) is 7. The highest BCUT2D eigenvalue weighted by atomic mass is 31.2. The van der Waals surface area contributed by atoms with Gasteiger partial charge >= 0.3 is 19.8 Å². The van der Waals surface area contributed by atoms with Crippen molar-refractivity contribution in [2.24, 2.45) is 0 Å². The average molecular weight is 869 g/mol. The van der Waals surface area contributed by atoms with E-state index in [4.69, 9.17) is 18.5 Å². The summed E-state index contributed by atoms with van der Waals surface area (Å²) in [4.78, 5) is 34.9. The lowest BCUT2D eigenvalue weighted by atomic mass is 10.0. The molecule has 0 aromatic carbocycles. The fourth-order valence-corrected chi connectivity index (χ4v) is 8.20. The first-order valence-electron chi connectivity index (χ1n) is 25.6. The smallest absolute Gasteiger partial charge is 0.462 e. The van der Waals surface area contributed by atoms with Gasteiger partial charge < -0.3 is 14.4 Å². The van der Waals surface area contributed by atoms with Crippen molar-refractivity contribution in [3.63, 3.8) is 0 Å². The Morgan fingerprint density at radius 1 is 0.433 bits per heavy atom. The van der Waals surface area contributed by atoms with E-state index in [1.54, 1.807) is 6.92 Å². The summed E-state index contributed by atoms with van der Waals surface area (Å²) >= 11 is 0. The molecule has 0 aromatic rings. The van der Waals surface area contributed by atoms with E-state index in [2.05, 4.69) is 38.2 Å². The van der Waals surface area contributed by atoms with Gasteiger partial charge in [0.1, 0.15) is 6.61 Å². The fourth-order valence-electron chi connectivity index (χ4n) is 7.44. The largest absolute Gasteiger partial charge is 0.472 e. The number of unbranched alkanes of at least 4 members (excludes halogenated alkanes) is 32. The van der Waals surface area contributed by atoms with Gasteiger partial charge in [0, 0.05) is 12.8 Å². The van der Waals surface area contributed by atoms with Gasteiger partial charge in [-0.15, -0.1) is 0 Å². The van der Waals surface area contributed by atoms with Gasteiger partial charge in [-0.25, -0.2) is 4.57 Å². The first-order valence-corrected chi connectivity index (χ1v) is 27.1. The molecular formula is C51H97O8P. The molecule has 0 bridgehead atoms. The van der Waals surface area contributed by atoms with Crippen LogP contribution in [0.4, 0.5) is 0 Å². The zero-order chi connectivity index (χ0) is 43.9. The van der Waals surface area contributed by atoms with E-state index in [1.807, 2.05) is 0 Å². The predicted molar refractivity (Wildman–Crippen MR) is 253 cm³/mol. The molecule has 1 N–H and O–H groups in total. The zero-order valence-corrected chi connectivity index (χ0v) is 40.5. The van der Waals surface area contributed by atoms with E-state index >= 15 is 0 Å². The van der Waals surface area contributed by atoms with Crippen LogP contribution in [0.2, 0.25) is 0 Å². The van der Waals surface area contributed by atoms with Gasteiger partial charge in [-0.05, 0) is 71.1 Å². The minimum atomic E-state index is -4.28. The normalized spacial score (nSPS) is 13.3. The van der Waals surface area contributed by atoms with Gasteiger partial charge in [0.15, 0.2) is 6.10 Å². The summed E-state index contributed by atoms with van der Waals surface area (Å²) < 4.78 is 32.8. The lowest BCUT2D eigenvalue weighted by molar-refractivity contribution is -0.161. The van der Waals surface area contributed by atoms with Crippen LogP contribution in [0.25, 0.3) is 0 Å². The SMILES string of the molecule is CCCCCCCC/C=C\CCCCCCCCCC(=O)OCC(COP(=O)(O)OCC)OC(=O)CCCCCCCCCCCCC/C=C\CCCCCCCCCC. The van der Waals surface area contributed by atoms with Crippen LogP contribution in [-0.4, -0.2) is 42.8 Å². The Morgan fingerprint density at radius 2 is 0.750 bits per heavy atom. The number of phosphoric ester groups is 1. The molecule has 0 aromatic heterocycles. The van der Waals surface area contributed by atoms with Gasteiger partial charge in [0.05, 0.1) is 13.2 Å². The quantitative estimate of drug-likeness (QED) is 0.0279. The highest BCUT2D eigenvalue weighted by Gasteiger charge is 2.25. The molecular weight excluding hydrogens is 772 g/mol. The number of esters is 2. The fraction of sp³-hybridized carbons (Fsp3) is 0.882. The van der Waals surface area contributed by atoms with Crippen LogP contribution >= 0.6 is 7.82 Å². The van der Waals surface area contributed by atoms with Crippen LogP contribution in [-0.2, 0) is 32.7 Å². The molecule has 9 heteroatoms. The molecule has 8 nitrogen and oxygen atoms in total. The summed E-state index contributed by atoms with van der Waals surface area (Å²) in [6, 6.07) is 0. The predicted octanol–water partition coefficient (Wildman–Crippen LogP) is 16.6. The van der Waals surface area contributed by atoms with Crippen molar-refractivity contribution in [1.29, 1.82) is 0 Å². The maximum atomic E-state index is 12.6. The van der Waals surface area contributed by atoms with Crippen molar-refractivity contribution < 1.29 is 37.6 Å². The van der Waals surface area contributed by atoms with E-state index in [0.29, 0.717) is 12.8 Å². The molecule has 0 aliphatic rings. The molecule has 0 amide bonds. The molecule has 0 saturated carbocycles. The van der Waals surface area contributed by atoms with Crippen molar-refractivity contribution in [3.05, 3.63) is 24.3 Å². The van der Waals surface area contributed by atoms with Crippen molar-refractivity contribution in [3.8, 4) is 0 Å². The lowest BCUT2D eigenvalue weighted by Crippen LogP contribution is -2.29. The van der Waals surface area contributed by atoms with Crippen LogP contribution < -0.4 is 0 Å². The summed E-state index contributed by atoms with van der Waals surface area (Å²) in [5.74, 6) is -0.792. The van der Waals surface area contributed by atoms with Crippen LogP contribution in [0.15, 0.2) is 24.3 Å². The number of phosphoric acid groups is 1. The number of allylic oxidation sites excluding steroid dienone is 4. The Bertz CT molecular complexity index is 1030. The molecule has 2 atom stereocenters. The van der Waals surface area contributed by atoms with Gasteiger partial charge in [0.25, 0.3) is 0 Å². The number of ether oxygens (including phenoxy) is 2. The third-order valence-corrected chi connectivity index (χ3v) is 12.3. The second kappa shape index (κ2) is 47.0. The number of carbonyl (C=O) groups is 2. The minimum Gasteiger partial charge on any atom is -0.462 e. The summed E-state index contributed by atoms with van der Waals surface area (Å²) in [5, 5.41) is 0. The van der Waals surface area contributed by atoms with Crippen molar-refractivity contribution in [1.82, 2.24) is 0 Å². The third kappa shape index (κ3) is 46.0. The van der Waals surface area contributed by atoms with Gasteiger partial charge in [0.2, 0.25) is 0 Å². The Kier molecular flexibility index (Phi) is 45.9. The minimum absolute atomic E-state index is 0.00145. The molecule has 0 spiro atoms. The van der Waals surface area contributed by atoms with Gasteiger partial charge in [-0.1, -0.05) is 205 Å². The van der Waals surface area contributed by atoms with Crippen molar-refractivity contribution >= 4 is 19.8 Å². The molecule has 2 unspecified atom stereocenters. The van der Waals surface area contributed by atoms with Gasteiger partial charge in [-0.2, -0.15) is 0 Å². The zero-order valence-electron chi connectivity index (χ0n) is 39.6. The number of rotatable bonds is 48. The molecule has 0 aliphatic heterocycles. The third-order valence-electron chi connectivity index (χ3n) is 11.2. The van der Waals surface area contributed by atoms with Gasteiger partial charge in [-0.3, -0.25) is 18.6 Å². The van der Waals surface area contributed by atoms with Crippen molar-refractivity contribution in [2.75, 3.05) is 19.8 Å². The van der Waals surface area contributed by atoms with Crippen molar-refractivity contribution in [2.45, 2.75) is 271 Å². The first kappa shape index (κ1) is 58.5. The molecule has 0 fully saturated rings. The second-order valence-electron chi connectivity index (χ2n) is 17.2. The number of carbonyl (C=O) groups excluding carboxylic acids is 2. The molecule has 60 heavy (non-hydrogen) atoms. The monoisotopic (exact) mass is 869 g/mol. The van der Waals surface area contributed by atoms with E-state index in [0.717, 1.165) is 32.1 Å². The average Bonchev–Trinajstić information content (AvgIpc) is 3.23. The topological polar surface area (TPSA) is 108 Å². The van der Waals surface area contributed by atoms with E-state index in [-0.39, 0.29) is 25.6 Å². The van der Waals surface area contributed by atoms with Crippen LogP contribution in [0.3, 0.4) is 0 Å². The van der Waals surface area contributed by atoms with E-state index in [9.17, 15) is 19.0 Å². The highest BCUT2D eigenvalue weighted by Crippen LogP contribution is 2.43. The molecule has 0 radical (unpaired) electrons. The molecule has 0 rings (SSSR count). The molecule has 0 heterocycles. The lowest BCUT2D eigenvalue weighted by Gasteiger charge is -2.19. The maximum absolute atomic E-state index is 12.6. The Balaban J connectivity index is 3.95. The first-order chi connectivity index (χ1) is 29.3. The summed E-state index contributed by atoms with van der Waals surface area (Å²) in [6.07, 6.45) is 53.8. The van der Waals surface area contributed by atoms with E-state index < -0.39 is 26.5 Å². The molecule has 0 aliphatic carbocycles. The van der Waals surface area contributed by atoms with Crippen LogP contribution in [0.1, 0.15) is 265 Å². The molecule has 354 valence electrons. The standard InChI is InChI=1S/C51H97O8P/c1-4-7-9-11-13-15-17-19-21-23-24-25-26-27-28-30-32-34-36-38-40-42-44-46-51(53)59-49(48-58-60(54,55)57-6-3)47-56-50(52)45-43-41-39-37-35-33-31-29-22-20-18-16-14-12-10-8-5-2/h20,22-24,49H,4-19,21,25-48H2,1-3H3,(H,54,55)/b22-20-,24-23-. The number of hydrogen-bond donors (Lipinski definition) is 1. The maximum Gasteiger partial charge on any atom is 0.472 e. The van der Waals surface area contributed by atoms with E-state index in [1.165, 1.54) is 193 Å². The second-order valence-corrected chi connectivity index (χ2v) is 18.6. The summed E-state index contributed by atoms with van der Waals surface area (Å²) in [7, 11) is -4.28. The highest BCUT2D eigenvalue weighted by molar-refractivity contribution is 7.47. The Morgan fingerprint density at radius 3 is 1.10 bits per heavy atom. The summed E-state index contributed by atoms with van der Waals surface area (Å²) in [5.41, 5.74) is 0. The van der Waals surface area contributed by atoms with Crippen LogP contribution in [0, 0.1) is 0 Å². The Labute approximate surface area is 371 Å². The van der Waals surface area contributed by atoms with Crippen LogP contribution in [0.5, 0.6) is 0 Å². The summed E-state index contributed by atoms with van der Waals surface area (Å²) in [6.45, 7) is 5.51. The Hall–Kier alpha value is -1.47. The molecule has 0 saturated heterocycles.